The number of hydrogen-bond acceptors (Lipinski definition) is 1. The maximum absolute atomic E-state index is 3.71. The molecule has 0 amide bonds. The van der Waals surface area contributed by atoms with E-state index in [1.54, 1.807) is 0 Å². The second-order valence-electron chi connectivity index (χ2n) is 5.68. The van der Waals surface area contributed by atoms with Crippen LogP contribution in [0.1, 0.15) is 27.8 Å². The van der Waals surface area contributed by atoms with Gasteiger partial charge in [0, 0.05) is 12.6 Å². The maximum atomic E-state index is 3.71. The second kappa shape index (κ2) is 5.18. The van der Waals surface area contributed by atoms with Gasteiger partial charge >= 0.3 is 0 Å². The van der Waals surface area contributed by atoms with Gasteiger partial charge in [0.05, 0.1) is 0 Å². The molecule has 3 rings (SSSR count). The molecule has 0 aromatic heterocycles. The molecule has 0 radical (unpaired) electrons. The Bertz CT molecular complexity index is 561. The molecule has 0 spiro atoms. The third-order valence-electron chi connectivity index (χ3n) is 4.14. The number of hydrogen-bond donors (Lipinski definition) is 1. The summed E-state index contributed by atoms with van der Waals surface area (Å²) < 4.78 is 0. The quantitative estimate of drug-likeness (QED) is 0.879. The second-order valence-corrected chi connectivity index (χ2v) is 5.68. The molecule has 1 aliphatic rings. The minimum atomic E-state index is 0.595. The Morgan fingerprint density at radius 3 is 2.37 bits per heavy atom. The summed E-state index contributed by atoms with van der Waals surface area (Å²) >= 11 is 0. The van der Waals surface area contributed by atoms with Crippen molar-refractivity contribution in [3.05, 3.63) is 70.3 Å². The normalized spacial score (nSPS) is 14.6. The minimum Gasteiger partial charge on any atom is -0.309 e. The molecular weight excluding hydrogens is 230 g/mol. The van der Waals surface area contributed by atoms with Gasteiger partial charge in [0.15, 0.2) is 0 Å². The molecule has 0 aliphatic heterocycles. The van der Waals surface area contributed by atoms with E-state index in [2.05, 4.69) is 61.6 Å². The van der Waals surface area contributed by atoms with Gasteiger partial charge in [0.2, 0.25) is 0 Å². The zero-order chi connectivity index (χ0) is 13.2. The first-order chi connectivity index (χ1) is 9.22. The van der Waals surface area contributed by atoms with Crippen LogP contribution in [0.15, 0.2) is 42.5 Å². The van der Waals surface area contributed by atoms with Crippen LogP contribution in [0, 0.1) is 13.8 Å². The van der Waals surface area contributed by atoms with Crippen LogP contribution in [-0.2, 0) is 19.4 Å². The highest BCUT2D eigenvalue weighted by molar-refractivity contribution is 5.34. The molecule has 98 valence electrons. The summed E-state index contributed by atoms with van der Waals surface area (Å²) in [5, 5.41) is 3.71. The van der Waals surface area contributed by atoms with Gasteiger partial charge in [-0.1, -0.05) is 48.0 Å². The molecule has 1 nitrogen and oxygen atoms in total. The Labute approximate surface area is 115 Å². The van der Waals surface area contributed by atoms with Crippen LogP contribution in [-0.4, -0.2) is 6.04 Å². The summed E-state index contributed by atoms with van der Waals surface area (Å²) in [5.41, 5.74) is 7.18. The number of aryl methyl sites for hydroxylation is 2. The van der Waals surface area contributed by atoms with Crippen LogP contribution in [0.3, 0.4) is 0 Å². The van der Waals surface area contributed by atoms with Crippen LogP contribution in [0.2, 0.25) is 0 Å². The third kappa shape index (κ3) is 2.71. The number of nitrogens with one attached hydrogen (secondary N) is 1. The summed E-state index contributed by atoms with van der Waals surface area (Å²) in [4.78, 5) is 0. The molecule has 1 N–H and O–H groups in total. The van der Waals surface area contributed by atoms with Crippen LogP contribution >= 0.6 is 0 Å². The van der Waals surface area contributed by atoms with E-state index in [1.807, 2.05) is 0 Å². The highest BCUT2D eigenvalue weighted by Gasteiger charge is 2.20. The molecule has 1 heteroatoms. The zero-order valence-electron chi connectivity index (χ0n) is 11.7. The fourth-order valence-electron chi connectivity index (χ4n) is 2.95. The molecule has 1 aliphatic carbocycles. The molecule has 0 unspecified atom stereocenters. The molecule has 2 aromatic rings. The van der Waals surface area contributed by atoms with Crippen molar-refractivity contribution in [2.24, 2.45) is 0 Å². The van der Waals surface area contributed by atoms with Crippen LogP contribution in [0.4, 0.5) is 0 Å². The first-order valence-electron chi connectivity index (χ1n) is 7.08. The van der Waals surface area contributed by atoms with E-state index >= 15 is 0 Å². The molecular formula is C18H21N. The molecule has 19 heavy (non-hydrogen) atoms. The SMILES string of the molecule is Cc1ccc(C)c(CNC2Cc3ccccc3C2)c1. The lowest BCUT2D eigenvalue weighted by molar-refractivity contribution is 0.532. The minimum absolute atomic E-state index is 0.595. The van der Waals surface area contributed by atoms with Gasteiger partial charge in [-0.2, -0.15) is 0 Å². The Morgan fingerprint density at radius 2 is 1.68 bits per heavy atom. The predicted molar refractivity (Wildman–Crippen MR) is 80.4 cm³/mol. The summed E-state index contributed by atoms with van der Waals surface area (Å²) in [7, 11) is 0. The molecule has 2 aromatic carbocycles. The summed E-state index contributed by atoms with van der Waals surface area (Å²) in [5.74, 6) is 0. The number of fused-ring (bicyclic) bond motifs is 1. The lowest BCUT2D eigenvalue weighted by Crippen LogP contribution is -2.29. The zero-order valence-corrected chi connectivity index (χ0v) is 11.7. The van der Waals surface area contributed by atoms with Gasteiger partial charge in [-0.3, -0.25) is 0 Å². The van der Waals surface area contributed by atoms with Gasteiger partial charge in [0.25, 0.3) is 0 Å². The molecule has 0 fully saturated rings. The number of rotatable bonds is 3. The highest BCUT2D eigenvalue weighted by Crippen LogP contribution is 2.22. The summed E-state index contributed by atoms with van der Waals surface area (Å²) in [6.07, 6.45) is 2.34. The molecule has 0 saturated heterocycles. The van der Waals surface area contributed by atoms with Crippen molar-refractivity contribution in [3.63, 3.8) is 0 Å². The van der Waals surface area contributed by atoms with E-state index in [0.29, 0.717) is 6.04 Å². The average molecular weight is 251 g/mol. The van der Waals surface area contributed by atoms with Crippen molar-refractivity contribution in [2.75, 3.05) is 0 Å². The van der Waals surface area contributed by atoms with Crippen molar-refractivity contribution >= 4 is 0 Å². The maximum Gasteiger partial charge on any atom is 0.0211 e. The van der Waals surface area contributed by atoms with E-state index in [-0.39, 0.29) is 0 Å². The van der Waals surface area contributed by atoms with Crippen LogP contribution < -0.4 is 5.32 Å². The topological polar surface area (TPSA) is 12.0 Å². The summed E-state index contributed by atoms with van der Waals surface area (Å²) in [6.45, 7) is 5.33. The van der Waals surface area contributed by atoms with Crippen molar-refractivity contribution in [2.45, 2.75) is 39.3 Å². The van der Waals surface area contributed by atoms with Gasteiger partial charge < -0.3 is 5.32 Å². The van der Waals surface area contributed by atoms with Crippen molar-refractivity contribution in [3.8, 4) is 0 Å². The standard InChI is InChI=1S/C18H21N/c1-13-7-8-14(2)17(9-13)12-19-18-10-15-5-3-4-6-16(15)11-18/h3-9,18-19H,10-12H2,1-2H3. The van der Waals surface area contributed by atoms with Crippen molar-refractivity contribution in [1.82, 2.24) is 5.32 Å². The smallest absolute Gasteiger partial charge is 0.0211 e. The number of benzene rings is 2. The van der Waals surface area contributed by atoms with Crippen molar-refractivity contribution in [1.29, 1.82) is 0 Å². The van der Waals surface area contributed by atoms with E-state index in [9.17, 15) is 0 Å². The van der Waals surface area contributed by atoms with E-state index in [4.69, 9.17) is 0 Å². The molecule has 0 saturated carbocycles. The van der Waals surface area contributed by atoms with Crippen molar-refractivity contribution < 1.29 is 0 Å². The molecule has 0 heterocycles. The Morgan fingerprint density at radius 1 is 1.00 bits per heavy atom. The Kier molecular flexibility index (Phi) is 3.39. The average Bonchev–Trinajstić information content (AvgIpc) is 2.82. The lowest BCUT2D eigenvalue weighted by atomic mass is 10.1. The summed E-state index contributed by atoms with van der Waals surface area (Å²) in [6, 6.07) is 16.1. The van der Waals surface area contributed by atoms with Crippen LogP contribution in [0.5, 0.6) is 0 Å². The highest BCUT2D eigenvalue weighted by atomic mass is 14.9. The predicted octanol–water partition coefficient (Wildman–Crippen LogP) is 3.56. The molecule has 0 atom stereocenters. The molecule has 0 bridgehead atoms. The Balaban J connectivity index is 1.64. The van der Waals surface area contributed by atoms with E-state index in [1.165, 1.54) is 40.7 Å². The van der Waals surface area contributed by atoms with Gasteiger partial charge in [-0.15, -0.1) is 0 Å². The Hall–Kier alpha value is -1.60. The largest absolute Gasteiger partial charge is 0.309 e. The first-order valence-corrected chi connectivity index (χ1v) is 7.08. The van der Waals surface area contributed by atoms with E-state index in [0.717, 1.165) is 6.54 Å². The van der Waals surface area contributed by atoms with Crippen LogP contribution in [0.25, 0.3) is 0 Å². The third-order valence-corrected chi connectivity index (χ3v) is 4.14. The van der Waals surface area contributed by atoms with E-state index < -0.39 is 0 Å². The first kappa shape index (κ1) is 12.4. The van der Waals surface area contributed by atoms with Gasteiger partial charge in [-0.05, 0) is 48.9 Å². The fourth-order valence-corrected chi connectivity index (χ4v) is 2.95. The monoisotopic (exact) mass is 251 g/mol. The van der Waals surface area contributed by atoms with Gasteiger partial charge in [0.1, 0.15) is 0 Å². The fraction of sp³-hybridized carbons (Fsp3) is 0.333. The van der Waals surface area contributed by atoms with Gasteiger partial charge in [-0.25, -0.2) is 0 Å². The lowest BCUT2D eigenvalue weighted by Gasteiger charge is -2.14.